The fourth-order valence-electron chi connectivity index (χ4n) is 6.76. The van der Waals surface area contributed by atoms with Gasteiger partial charge in [0.15, 0.2) is 0 Å². The highest BCUT2D eigenvalue weighted by molar-refractivity contribution is 5.99. The Labute approximate surface area is 217 Å². The van der Waals surface area contributed by atoms with E-state index in [1.807, 2.05) is 37.3 Å². The second kappa shape index (κ2) is 10.7. The zero-order valence-corrected chi connectivity index (χ0v) is 21.5. The first-order valence-electron chi connectivity index (χ1n) is 13.4. The summed E-state index contributed by atoms with van der Waals surface area (Å²) >= 11 is 0. The minimum atomic E-state index is -1.04. The van der Waals surface area contributed by atoms with Gasteiger partial charge in [0, 0.05) is 45.9 Å². The smallest absolute Gasteiger partial charge is 0.245 e. The Kier molecular flexibility index (Phi) is 7.53. The van der Waals surface area contributed by atoms with E-state index >= 15 is 0 Å². The molecule has 1 spiro atoms. The maximum Gasteiger partial charge on any atom is 0.245 e. The Bertz CT molecular complexity index is 1000. The van der Waals surface area contributed by atoms with Crippen molar-refractivity contribution in [3.05, 3.63) is 35.9 Å². The zero-order chi connectivity index (χ0) is 26.0. The molecule has 0 aliphatic carbocycles. The number of nitrogens with one attached hydrogen (secondary N) is 2. The predicted octanol–water partition coefficient (Wildman–Crippen LogP) is -0.102. The van der Waals surface area contributed by atoms with Crippen LogP contribution in [-0.2, 0) is 30.4 Å². The van der Waals surface area contributed by atoms with E-state index in [2.05, 4.69) is 15.5 Å². The number of hydrogen-bond donors (Lipinski definition) is 3. The molecule has 10 nitrogen and oxygen atoms in total. The van der Waals surface area contributed by atoms with E-state index in [1.165, 1.54) is 0 Å². The first kappa shape index (κ1) is 26.1. The second-order valence-electron chi connectivity index (χ2n) is 10.8. The Balaban J connectivity index is 1.34. The summed E-state index contributed by atoms with van der Waals surface area (Å²) in [5, 5.41) is 15.5. The highest BCUT2D eigenvalue weighted by Gasteiger charge is 2.77. The van der Waals surface area contributed by atoms with Gasteiger partial charge in [-0.15, -0.1) is 0 Å². The van der Waals surface area contributed by atoms with Crippen molar-refractivity contribution in [3.8, 4) is 0 Å². The minimum absolute atomic E-state index is 0.0909. The summed E-state index contributed by atoms with van der Waals surface area (Å²) in [6, 6.07) is 8.81. The maximum absolute atomic E-state index is 13.8. The number of aliphatic hydroxyl groups is 1. The summed E-state index contributed by atoms with van der Waals surface area (Å²) < 4.78 is 12.0. The van der Waals surface area contributed by atoms with E-state index in [1.54, 1.807) is 4.90 Å². The van der Waals surface area contributed by atoms with E-state index in [9.17, 15) is 19.5 Å². The van der Waals surface area contributed by atoms with Crippen molar-refractivity contribution in [2.75, 3.05) is 52.5 Å². The topological polar surface area (TPSA) is 120 Å². The fourth-order valence-corrected chi connectivity index (χ4v) is 6.76. The standard InChI is InChI=1S/C27H38N4O6/c1-26-8-9-27(37-26)21(20(26)23(33)29-18-19-6-3-2-4-7-19)25(35)31(11-5-15-32)22(27)24(34)28-10-12-30-13-16-36-17-14-30/h2-4,6-7,20-22,32H,5,8-18H2,1H3,(H,28,34)(H,29,33)/t20-,21-,22?,26+,27?/m0/s1. The van der Waals surface area contributed by atoms with Crippen LogP contribution in [0.2, 0.25) is 0 Å². The normalized spacial score (nSPS) is 33.0. The molecule has 4 saturated heterocycles. The molecule has 202 valence electrons. The molecule has 0 saturated carbocycles. The van der Waals surface area contributed by atoms with E-state index in [0.717, 1.165) is 18.7 Å². The number of morpholine rings is 1. The number of amides is 3. The van der Waals surface area contributed by atoms with Gasteiger partial charge in [-0.1, -0.05) is 30.3 Å². The van der Waals surface area contributed by atoms with Gasteiger partial charge in [0.05, 0.1) is 30.7 Å². The van der Waals surface area contributed by atoms with Gasteiger partial charge in [0.25, 0.3) is 0 Å². The van der Waals surface area contributed by atoms with Crippen LogP contribution in [0.1, 0.15) is 31.7 Å². The molecular formula is C27H38N4O6. The van der Waals surface area contributed by atoms with Crippen molar-refractivity contribution in [3.63, 3.8) is 0 Å². The summed E-state index contributed by atoms with van der Waals surface area (Å²) in [5.41, 5.74) is -0.880. The van der Waals surface area contributed by atoms with Crippen LogP contribution in [0.25, 0.3) is 0 Å². The van der Waals surface area contributed by atoms with Crippen LogP contribution in [0.3, 0.4) is 0 Å². The molecule has 10 heteroatoms. The lowest BCUT2D eigenvalue weighted by Crippen LogP contribution is -2.56. The van der Waals surface area contributed by atoms with Gasteiger partial charge >= 0.3 is 0 Å². The lowest BCUT2D eigenvalue weighted by Gasteiger charge is -2.33. The van der Waals surface area contributed by atoms with Gasteiger partial charge in [0.2, 0.25) is 17.7 Å². The largest absolute Gasteiger partial charge is 0.396 e. The van der Waals surface area contributed by atoms with Gasteiger partial charge < -0.3 is 30.1 Å². The number of benzene rings is 1. The summed E-state index contributed by atoms with van der Waals surface area (Å²) in [6.45, 7) is 6.59. The van der Waals surface area contributed by atoms with Crippen molar-refractivity contribution >= 4 is 17.7 Å². The fraction of sp³-hybridized carbons (Fsp3) is 0.667. The highest BCUT2D eigenvalue weighted by Crippen LogP contribution is 2.63. The van der Waals surface area contributed by atoms with E-state index < -0.39 is 29.1 Å². The number of rotatable bonds is 10. The van der Waals surface area contributed by atoms with E-state index in [-0.39, 0.29) is 30.9 Å². The van der Waals surface area contributed by atoms with Crippen LogP contribution >= 0.6 is 0 Å². The monoisotopic (exact) mass is 514 g/mol. The predicted molar refractivity (Wildman–Crippen MR) is 134 cm³/mol. The molecule has 2 bridgehead atoms. The number of nitrogens with zero attached hydrogens (tertiary/aromatic N) is 2. The van der Waals surface area contributed by atoms with Crippen LogP contribution in [0, 0.1) is 11.8 Å². The Morgan fingerprint density at radius 2 is 1.84 bits per heavy atom. The van der Waals surface area contributed by atoms with Crippen LogP contribution in [0.5, 0.6) is 0 Å². The Morgan fingerprint density at radius 1 is 1.08 bits per heavy atom. The number of fused-ring (bicyclic) bond motifs is 1. The van der Waals surface area contributed by atoms with Gasteiger partial charge in [-0.2, -0.15) is 0 Å². The first-order chi connectivity index (χ1) is 17.9. The molecule has 0 radical (unpaired) electrons. The summed E-state index contributed by atoms with van der Waals surface area (Å²) in [4.78, 5) is 44.8. The number of likely N-dealkylation sites (tertiary alicyclic amines) is 1. The molecule has 37 heavy (non-hydrogen) atoms. The minimum Gasteiger partial charge on any atom is -0.396 e. The SMILES string of the molecule is C[C@]12CCC3(O1)C(C(=O)NCCN1CCOCC1)N(CCCO)C(=O)[C@@H]3[C@H]2C(=O)NCc1ccccc1. The van der Waals surface area contributed by atoms with Crippen LogP contribution < -0.4 is 10.6 Å². The molecule has 5 atom stereocenters. The molecule has 5 rings (SSSR count). The summed E-state index contributed by atoms with van der Waals surface area (Å²) in [7, 11) is 0. The molecule has 4 aliphatic heterocycles. The van der Waals surface area contributed by atoms with Crippen LogP contribution in [0.15, 0.2) is 30.3 Å². The van der Waals surface area contributed by atoms with Crippen LogP contribution in [0.4, 0.5) is 0 Å². The number of aliphatic hydroxyl groups excluding tert-OH is 1. The Hall–Kier alpha value is -2.53. The van der Waals surface area contributed by atoms with Crippen molar-refractivity contribution in [1.82, 2.24) is 20.4 Å². The molecule has 4 aliphatic rings. The van der Waals surface area contributed by atoms with Gasteiger partial charge in [-0.05, 0) is 31.7 Å². The van der Waals surface area contributed by atoms with Crippen molar-refractivity contribution in [2.24, 2.45) is 11.8 Å². The lowest BCUT2D eigenvalue weighted by atomic mass is 9.66. The van der Waals surface area contributed by atoms with Gasteiger partial charge in [-0.25, -0.2) is 0 Å². The first-order valence-corrected chi connectivity index (χ1v) is 13.4. The number of carbonyl (C=O) groups is 3. The Morgan fingerprint density at radius 3 is 2.57 bits per heavy atom. The molecule has 2 unspecified atom stereocenters. The third-order valence-corrected chi connectivity index (χ3v) is 8.51. The van der Waals surface area contributed by atoms with Crippen molar-refractivity contribution < 1.29 is 29.0 Å². The van der Waals surface area contributed by atoms with Crippen molar-refractivity contribution in [2.45, 2.75) is 50.0 Å². The lowest BCUT2D eigenvalue weighted by molar-refractivity contribution is -0.146. The average Bonchev–Trinajstić information content (AvgIpc) is 3.47. The zero-order valence-electron chi connectivity index (χ0n) is 21.5. The average molecular weight is 515 g/mol. The molecule has 4 fully saturated rings. The van der Waals surface area contributed by atoms with E-state index in [4.69, 9.17) is 9.47 Å². The number of ether oxygens (including phenoxy) is 2. The second-order valence-corrected chi connectivity index (χ2v) is 10.8. The maximum atomic E-state index is 13.8. The molecule has 3 amide bonds. The molecule has 4 heterocycles. The third-order valence-electron chi connectivity index (χ3n) is 8.51. The molecular weight excluding hydrogens is 476 g/mol. The van der Waals surface area contributed by atoms with Gasteiger partial charge in [0.1, 0.15) is 11.6 Å². The molecule has 3 N–H and O–H groups in total. The van der Waals surface area contributed by atoms with Gasteiger partial charge in [-0.3, -0.25) is 19.3 Å². The van der Waals surface area contributed by atoms with Crippen LogP contribution in [-0.4, -0.2) is 102 Å². The molecule has 1 aromatic carbocycles. The third kappa shape index (κ3) is 4.76. The van der Waals surface area contributed by atoms with E-state index in [0.29, 0.717) is 52.1 Å². The summed E-state index contributed by atoms with van der Waals surface area (Å²) in [5.74, 6) is -2.11. The summed E-state index contributed by atoms with van der Waals surface area (Å²) in [6.07, 6.45) is 1.50. The number of hydrogen-bond acceptors (Lipinski definition) is 7. The highest BCUT2D eigenvalue weighted by atomic mass is 16.5. The quantitative estimate of drug-likeness (QED) is 0.399. The van der Waals surface area contributed by atoms with Crippen molar-refractivity contribution in [1.29, 1.82) is 0 Å². The molecule has 1 aromatic rings. The molecule has 0 aromatic heterocycles. The number of carbonyl (C=O) groups excluding carboxylic acids is 3.